The molecule has 0 saturated carbocycles. The van der Waals surface area contributed by atoms with Gasteiger partial charge in [0.2, 0.25) is 0 Å². The highest BCUT2D eigenvalue weighted by Crippen LogP contribution is 2.27. The minimum atomic E-state index is -0.138. The predicted octanol–water partition coefficient (Wildman–Crippen LogP) is 5.38. The molecule has 0 atom stereocenters. The summed E-state index contributed by atoms with van der Waals surface area (Å²) in [7, 11) is 0. The molecule has 0 aliphatic rings. The first-order valence-corrected chi connectivity index (χ1v) is 6.84. The van der Waals surface area contributed by atoms with Crippen LogP contribution in [0.1, 0.15) is 21.5 Å². The minimum absolute atomic E-state index is 0.138. The van der Waals surface area contributed by atoms with Crippen LogP contribution in [0.25, 0.3) is 0 Å². The van der Waals surface area contributed by atoms with Gasteiger partial charge in [0, 0.05) is 11.4 Å². The van der Waals surface area contributed by atoms with E-state index in [0.717, 1.165) is 11.1 Å². The summed E-state index contributed by atoms with van der Waals surface area (Å²) >= 11 is 18.2. The van der Waals surface area contributed by atoms with Crippen molar-refractivity contribution in [3.8, 4) is 0 Å². The summed E-state index contributed by atoms with van der Waals surface area (Å²) < 4.78 is 0. The van der Waals surface area contributed by atoms with E-state index < -0.39 is 0 Å². The van der Waals surface area contributed by atoms with Crippen LogP contribution in [0.5, 0.6) is 0 Å². The van der Waals surface area contributed by atoms with Gasteiger partial charge in [0.15, 0.2) is 5.78 Å². The van der Waals surface area contributed by atoms with E-state index in [9.17, 15) is 4.79 Å². The number of hydrogen-bond acceptors (Lipinski definition) is 1. The first kappa shape index (κ1) is 14.4. The zero-order valence-corrected chi connectivity index (χ0v) is 12.5. The Morgan fingerprint density at radius 1 is 1.00 bits per heavy atom. The van der Waals surface area contributed by atoms with E-state index in [2.05, 4.69) is 0 Å². The number of aryl methyl sites for hydroxylation is 1. The van der Waals surface area contributed by atoms with Gasteiger partial charge < -0.3 is 0 Å². The molecule has 0 radical (unpaired) electrons. The summed E-state index contributed by atoms with van der Waals surface area (Å²) in [6, 6.07) is 10.6. The summed E-state index contributed by atoms with van der Waals surface area (Å²) in [6.07, 6.45) is 0.183. The molecule has 2 aromatic rings. The molecule has 0 aliphatic carbocycles. The Bertz CT molecular complexity index is 615. The van der Waals surface area contributed by atoms with Gasteiger partial charge in [0.05, 0.1) is 15.6 Å². The molecule has 0 amide bonds. The summed E-state index contributed by atoms with van der Waals surface area (Å²) in [5.41, 5.74) is 2.17. The van der Waals surface area contributed by atoms with Gasteiger partial charge in [0.1, 0.15) is 0 Å². The monoisotopic (exact) mass is 312 g/mol. The van der Waals surface area contributed by atoms with Crippen molar-refractivity contribution in [2.75, 3.05) is 0 Å². The van der Waals surface area contributed by atoms with Gasteiger partial charge in [-0.1, -0.05) is 53.0 Å². The third-order valence-electron chi connectivity index (χ3n) is 2.80. The zero-order chi connectivity index (χ0) is 14.0. The maximum Gasteiger partial charge on any atom is 0.170 e. The maximum absolute atomic E-state index is 12.3. The Morgan fingerprint density at radius 3 is 2.21 bits per heavy atom. The minimum Gasteiger partial charge on any atom is -0.294 e. The normalized spacial score (nSPS) is 10.5. The zero-order valence-electron chi connectivity index (χ0n) is 10.2. The van der Waals surface area contributed by atoms with Crippen molar-refractivity contribution in [1.29, 1.82) is 0 Å². The lowest BCUT2D eigenvalue weighted by Gasteiger charge is -2.08. The third kappa shape index (κ3) is 3.30. The molecule has 0 heterocycles. The molecule has 0 fully saturated rings. The highest BCUT2D eigenvalue weighted by atomic mass is 35.5. The number of halogens is 3. The molecule has 98 valence electrons. The van der Waals surface area contributed by atoms with Crippen molar-refractivity contribution >= 4 is 40.6 Å². The Balaban J connectivity index is 2.31. The number of ketones is 1. The van der Waals surface area contributed by atoms with Crippen LogP contribution in [0, 0.1) is 6.92 Å². The van der Waals surface area contributed by atoms with Crippen LogP contribution in [0.4, 0.5) is 0 Å². The first-order valence-electron chi connectivity index (χ1n) is 5.71. The number of rotatable bonds is 3. The van der Waals surface area contributed by atoms with Crippen LogP contribution >= 0.6 is 34.8 Å². The van der Waals surface area contributed by atoms with E-state index in [4.69, 9.17) is 34.8 Å². The molecule has 0 spiro atoms. The lowest BCUT2D eigenvalue weighted by atomic mass is 10.0. The molecule has 0 saturated heterocycles. The molecule has 0 unspecified atom stereocenters. The summed E-state index contributed by atoms with van der Waals surface area (Å²) in [6.45, 7) is 1.95. The lowest BCUT2D eigenvalue weighted by Crippen LogP contribution is -2.05. The number of carbonyl (C=O) groups excluding carboxylic acids is 1. The second kappa shape index (κ2) is 5.96. The van der Waals surface area contributed by atoms with E-state index in [1.54, 1.807) is 18.2 Å². The highest BCUT2D eigenvalue weighted by molar-refractivity contribution is 6.40. The fourth-order valence-corrected chi connectivity index (χ4v) is 2.73. The third-order valence-corrected chi connectivity index (χ3v) is 3.78. The van der Waals surface area contributed by atoms with Crippen LogP contribution in [-0.2, 0) is 6.42 Å². The molecule has 0 aromatic heterocycles. The van der Waals surface area contributed by atoms with Crippen molar-refractivity contribution in [2.24, 2.45) is 0 Å². The molecule has 1 nitrogen and oxygen atoms in total. The van der Waals surface area contributed by atoms with Gasteiger partial charge in [-0.3, -0.25) is 4.79 Å². The van der Waals surface area contributed by atoms with Gasteiger partial charge >= 0.3 is 0 Å². The quantitative estimate of drug-likeness (QED) is 0.695. The molecule has 0 bridgehead atoms. The molecule has 0 aliphatic heterocycles. The van der Waals surface area contributed by atoms with Crippen molar-refractivity contribution in [1.82, 2.24) is 0 Å². The van der Waals surface area contributed by atoms with E-state index >= 15 is 0 Å². The summed E-state index contributed by atoms with van der Waals surface area (Å²) in [4.78, 5) is 12.3. The Kier molecular flexibility index (Phi) is 4.51. The second-order valence-electron chi connectivity index (χ2n) is 4.29. The fourth-order valence-electron chi connectivity index (χ4n) is 1.82. The van der Waals surface area contributed by atoms with E-state index in [-0.39, 0.29) is 12.2 Å². The standard InChI is InChI=1S/C15H11Cl3O/c1-9-5-6-10(13(18)7-9)8-14(19)15-11(16)3-2-4-12(15)17/h2-7H,8H2,1H3. The Hall–Kier alpha value is -1.02. The van der Waals surface area contributed by atoms with Gasteiger partial charge in [-0.2, -0.15) is 0 Å². The van der Waals surface area contributed by atoms with Crippen LogP contribution in [0.15, 0.2) is 36.4 Å². The van der Waals surface area contributed by atoms with Gasteiger partial charge in [-0.05, 0) is 36.2 Å². The molecular weight excluding hydrogens is 303 g/mol. The second-order valence-corrected chi connectivity index (χ2v) is 5.51. The van der Waals surface area contributed by atoms with Crippen LogP contribution in [0.3, 0.4) is 0 Å². The van der Waals surface area contributed by atoms with Crippen molar-refractivity contribution in [3.05, 3.63) is 68.2 Å². The van der Waals surface area contributed by atoms with Gasteiger partial charge in [0.25, 0.3) is 0 Å². The first-order chi connectivity index (χ1) is 8.99. The molecule has 0 N–H and O–H groups in total. The van der Waals surface area contributed by atoms with Crippen LogP contribution in [-0.4, -0.2) is 5.78 Å². The van der Waals surface area contributed by atoms with Gasteiger partial charge in [-0.15, -0.1) is 0 Å². The van der Waals surface area contributed by atoms with Gasteiger partial charge in [-0.25, -0.2) is 0 Å². The van der Waals surface area contributed by atoms with Crippen LogP contribution < -0.4 is 0 Å². The predicted molar refractivity (Wildman–Crippen MR) is 80.7 cm³/mol. The van der Waals surface area contributed by atoms with E-state index in [1.807, 2.05) is 25.1 Å². The number of benzene rings is 2. The Morgan fingerprint density at radius 2 is 1.63 bits per heavy atom. The largest absolute Gasteiger partial charge is 0.294 e. The molecule has 2 aromatic carbocycles. The SMILES string of the molecule is Cc1ccc(CC(=O)c2c(Cl)cccc2Cl)c(Cl)c1. The van der Waals surface area contributed by atoms with Crippen molar-refractivity contribution < 1.29 is 4.79 Å². The topological polar surface area (TPSA) is 17.1 Å². The molecule has 2 rings (SSSR count). The van der Waals surface area contributed by atoms with Crippen molar-refractivity contribution in [3.63, 3.8) is 0 Å². The van der Waals surface area contributed by atoms with E-state index in [0.29, 0.717) is 20.6 Å². The smallest absolute Gasteiger partial charge is 0.170 e. The Labute approximate surface area is 127 Å². The fraction of sp³-hybridized carbons (Fsp3) is 0.133. The lowest BCUT2D eigenvalue weighted by molar-refractivity contribution is 0.0993. The number of carbonyl (C=O) groups is 1. The molecular formula is C15H11Cl3O. The maximum atomic E-state index is 12.3. The molecule has 4 heteroatoms. The number of hydrogen-bond donors (Lipinski definition) is 0. The number of Topliss-reactive ketones (excluding diaryl/α,β-unsaturated/α-hetero) is 1. The highest BCUT2D eigenvalue weighted by Gasteiger charge is 2.16. The average Bonchev–Trinajstić information content (AvgIpc) is 2.32. The molecule has 19 heavy (non-hydrogen) atoms. The van der Waals surface area contributed by atoms with Crippen molar-refractivity contribution in [2.45, 2.75) is 13.3 Å². The summed E-state index contributed by atoms with van der Waals surface area (Å²) in [5.74, 6) is -0.138. The van der Waals surface area contributed by atoms with Crippen LogP contribution in [0.2, 0.25) is 15.1 Å². The summed E-state index contributed by atoms with van der Waals surface area (Å²) in [5, 5.41) is 1.30. The van der Waals surface area contributed by atoms with E-state index in [1.165, 1.54) is 0 Å². The average molecular weight is 314 g/mol.